The molecule has 4 nitrogen and oxygen atoms in total. The van der Waals surface area contributed by atoms with Gasteiger partial charge in [-0.05, 0) is 95.6 Å². The third-order valence-corrected chi connectivity index (χ3v) is 16.6. The molecule has 0 fully saturated rings. The standard InChI is InChI=1S/C55H48N4S2/c1-55(42-30-31-47-51(35-42)61(3,4)50-29-15-14-27-46(50)59(47)43-25-16-24-41(34-43)39-20-10-6-11-21-39)33-32-48-45(36-55)52-44(26-17-28-49(52)60-48)54(57-37-38-18-8-5-9-19-38)58-53(56-2)40-22-12-7-13-23-40/h5-29,31-32,34-36,42H,2,30,33,37H2,1,3-4H3. The Balaban J connectivity index is 1.08. The van der Waals surface area contributed by atoms with E-state index in [4.69, 9.17) is 9.98 Å². The van der Waals surface area contributed by atoms with E-state index in [1.165, 1.54) is 57.8 Å². The van der Waals surface area contributed by atoms with Crippen molar-refractivity contribution in [3.63, 3.8) is 0 Å². The summed E-state index contributed by atoms with van der Waals surface area (Å²) in [6.07, 6.45) is 17.2. The lowest BCUT2D eigenvalue weighted by Gasteiger charge is -2.50. The van der Waals surface area contributed by atoms with Crippen molar-refractivity contribution in [2.24, 2.45) is 26.3 Å². The van der Waals surface area contributed by atoms with E-state index in [9.17, 15) is 0 Å². The maximum Gasteiger partial charge on any atom is 0.161 e. The summed E-state index contributed by atoms with van der Waals surface area (Å²) in [4.78, 5) is 20.2. The average Bonchev–Trinajstić information content (AvgIpc) is 3.68. The molecule has 61 heavy (non-hydrogen) atoms. The Labute approximate surface area is 364 Å². The second kappa shape index (κ2) is 15.9. The molecule has 2 atom stereocenters. The molecule has 2 aliphatic carbocycles. The molecule has 0 radical (unpaired) electrons. The highest BCUT2D eigenvalue weighted by Crippen LogP contribution is 2.68. The number of anilines is 2. The van der Waals surface area contributed by atoms with E-state index in [1.807, 2.05) is 47.7 Å². The Kier molecular flexibility index (Phi) is 10.1. The van der Waals surface area contributed by atoms with Crippen LogP contribution in [0.3, 0.4) is 0 Å². The lowest BCUT2D eigenvalue weighted by atomic mass is 9.69. The van der Waals surface area contributed by atoms with E-state index in [0.717, 1.165) is 29.5 Å². The van der Waals surface area contributed by atoms with Crippen molar-refractivity contribution in [2.75, 3.05) is 17.4 Å². The number of hydrogen-bond acceptors (Lipinski definition) is 3. The van der Waals surface area contributed by atoms with E-state index >= 15 is 0 Å². The molecule has 0 saturated carbocycles. The molecule has 0 N–H and O–H groups in total. The molecule has 1 aromatic heterocycles. The first-order valence-corrected chi connectivity index (χ1v) is 24.2. The Morgan fingerprint density at radius 2 is 1.48 bits per heavy atom. The Morgan fingerprint density at radius 3 is 2.26 bits per heavy atom. The van der Waals surface area contributed by atoms with Gasteiger partial charge in [-0.3, -0.25) is 4.99 Å². The Bertz CT molecular complexity index is 3070. The molecule has 6 aromatic carbocycles. The van der Waals surface area contributed by atoms with Gasteiger partial charge >= 0.3 is 0 Å². The van der Waals surface area contributed by atoms with Crippen molar-refractivity contribution in [3.05, 3.63) is 207 Å². The topological polar surface area (TPSA) is 40.3 Å². The summed E-state index contributed by atoms with van der Waals surface area (Å²) in [5, 5.41) is 2.49. The van der Waals surface area contributed by atoms with Crippen molar-refractivity contribution in [2.45, 2.75) is 31.2 Å². The summed E-state index contributed by atoms with van der Waals surface area (Å²) >= 11 is 1.87. The summed E-state index contributed by atoms with van der Waals surface area (Å²) in [6, 6.07) is 55.8. The third kappa shape index (κ3) is 7.14. The maximum atomic E-state index is 5.22. The van der Waals surface area contributed by atoms with Crippen molar-refractivity contribution >= 4 is 73.4 Å². The highest BCUT2D eigenvalue weighted by atomic mass is 32.3. The molecule has 0 amide bonds. The highest BCUT2D eigenvalue weighted by Gasteiger charge is 2.41. The average molecular weight is 829 g/mol. The lowest BCUT2D eigenvalue weighted by Crippen LogP contribution is -2.36. The first kappa shape index (κ1) is 38.8. The van der Waals surface area contributed by atoms with Crippen LogP contribution < -0.4 is 14.7 Å². The SMILES string of the molecule is C=NC(=NC(=NCc1ccccc1)c1cccc2sc3c(c12)=CC(C)(C1C=C2C(=CC1)N(c1cccc(-c4ccccc4)c1)c1ccccc1S2(C)C)CC=3)c1ccccc1. The molecule has 0 saturated heterocycles. The quantitative estimate of drug-likeness (QED) is 0.117. The van der Waals surface area contributed by atoms with Crippen molar-refractivity contribution in [3.8, 4) is 11.1 Å². The molecule has 6 heteroatoms. The van der Waals surface area contributed by atoms with Crippen molar-refractivity contribution in [1.82, 2.24) is 0 Å². The fourth-order valence-corrected chi connectivity index (χ4v) is 12.9. The molecule has 7 aromatic rings. The van der Waals surface area contributed by atoms with Crippen LogP contribution in [-0.4, -0.2) is 30.9 Å². The zero-order valence-corrected chi connectivity index (χ0v) is 36.5. The van der Waals surface area contributed by atoms with Crippen LogP contribution in [0.1, 0.15) is 36.5 Å². The molecule has 10 rings (SSSR count). The summed E-state index contributed by atoms with van der Waals surface area (Å²) in [5.74, 6) is 1.54. The zero-order valence-electron chi connectivity index (χ0n) is 34.8. The molecule has 2 unspecified atom stereocenters. The zero-order chi connectivity index (χ0) is 41.6. The highest BCUT2D eigenvalue weighted by molar-refractivity contribution is 8.36. The van der Waals surface area contributed by atoms with Crippen LogP contribution in [0.25, 0.3) is 33.4 Å². The predicted octanol–water partition coefficient (Wildman–Crippen LogP) is 12.7. The molecule has 0 spiro atoms. The molecule has 0 bridgehead atoms. The third-order valence-electron chi connectivity index (χ3n) is 12.5. The van der Waals surface area contributed by atoms with Crippen molar-refractivity contribution < 1.29 is 0 Å². The number of thiophene rings is 1. The predicted molar refractivity (Wildman–Crippen MR) is 264 cm³/mol. The van der Waals surface area contributed by atoms with Crippen LogP contribution in [-0.2, 0) is 6.54 Å². The van der Waals surface area contributed by atoms with Crippen LogP contribution in [0, 0.1) is 11.3 Å². The fraction of sp³-hybridized carbons (Fsp3) is 0.145. The largest absolute Gasteiger partial charge is 0.309 e. The lowest BCUT2D eigenvalue weighted by molar-refractivity contribution is 0.341. The van der Waals surface area contributed by atoms with Gasteiger partial charge in [-0.15, -0.1) is 11.3 Å². The number of allylic oxidation sites excluding steroid dienone is 2. The summed E-state index contributed by atoms with van der Waals surface area (Å²) < 4.78 is 2.56. The monoisotopic (exact) mass is 828 g/mol. The maximum absolute atomic E-state index is 5.22. The van der Waals surface area contributed by atoms with Gasteiger partial charge in [0.15, 0.2) is 11.7 Å². The molecule has 2 heterocycles. The number of benzene rings is 6. The van der Waals surface area contributed by atoms with Gasteiger partial charge in [-0.2, -0.15) is 10.0 Å². The summed E-state index contributed by atoms with van der Waals surface area (Å²) in [7, 11) is -1.33. The smallest absolute Gasteiger partial charge is 0.161 e. The number of hydrogen-bond donors (Lipinski definition) is 0. The minimum atomic E-state index is -1.33. The molecule has 300 valence electrons. The van der Waals surface area contributed by atoms with Crippen LogP contribution >= 0.6 is 21.4 Å². The van der Waals surface area contributed by atoms with E-state index in [1.54, 1.807) is 0 Å². The van der Waals surface area contributed by atoms with Crippen LogP contribution in [0.4, 0.5) is 11.4 Å². The minimum absolute atomic E-state index is 0.115. The first-order valence-electron chi connectivity index (χ1n) is 21.0. The Hall–Kier alpha value is -6.34. The molecule has 3 aliphatic rings. The van der Waals surface area contributed by atoms with Crippen LogP contribution in [0.2, 0.25) is 0 Å². The van der Waals surface area contributed by atoms with Crippen LogP contribution in [0.5, 0.6) is 0 Å². The van der Waals surface area contributed by atoms with Gasteiger partial charge in [0, 0.05) is 41.2 Å². The summed E-state index contributed by atoms with van der Waals surface area (Å²) in [6.45, 7) is 6.91. The van der Waals surface area contributed by atoms with E-state index < -0.39 is 10.0 Å². The van der Waals surface area contributed by atoms with Gasteiger partial charge in [0.1, 0.15) is 0 Å². The molecular weight excluding hydrogens is 781 g/mol. The summed E-state index contributed by atoms with van der Waals surface area (Å²) in [5.41, 5.74) is 9.20. The Morgan fingerprint density at radius 1 is 0.770 bits per heavy atom. The van der Waals surface area contributed by atoms with Gasteiger partial charge in [0.05, 0.1) is 17.9 Å². The number of rotatable bonds is 7. The van der Waals surface area contributed by atoms with Crippen LogP contribution in [0.15, 0.2) is 200 Å². The van der Waals surface area contributed by atoms with Gasteiger partial charge < -0.3 is 4.90 Å². The number of amidine groups is 2. The first-order chi connectivity index (χ1) is 29.8. The molecule has 1 aliphatic heterocycles. The van der Waals surface area contributed by atoms with Gasteiger partial charge in [0.25, 0.3) is 0 Å². The number of nitrogens with zero attached hydrogens (tertiary/aromatic N) is 4. The fourth-order valence-electron chi connectivity index (χ4n) is 9.26. The van der Waals surface area contributed by atoms with Gasteiger partial charge in [-0.1, -0.05) is 159 Å². The van der Waals surface area contributed by atoms with Gasteiger partial charge in [0.2, 0.25) is 0 Å². The number of fused-ring (bicyclic) bond motifs is 5. The number of aliphatic imine (C=N–C) groups is 3. The second-order valence-corrected chi connectivity index (χ2v) is 21.3. The van der Waals surface area contributed by atoms with E-state index in [0.29, 0.717) is 24.1 Å². The van der Waals surface area contributed by atoms with E-state index in [-0.39, 0.29) is 5.41 Å². The molecular formula is C55H48N4S2. The van der Waals surface area contributed by atoms with Crippen molar-refractivity contribution in [1.29, 1.82) is 0 Å². The second-order valence-electron chi connectivity index (χ2n) is 16.7. The minimum Gasteiger partial charge on any atom is -0.309 e. The number of para-hydroxylation sites is 1. The van der Waals surface area contributed by atoms with E-state index in [2.05, 4.69) is 182 Å². The van der Waals surface area contributed by atoms with Gasteiger partial charge in [-0.25, -0.2) is 9.98 Å². The normalized spacial score (nSPS) is 19.9.